The molecule has 2 N–H and O–H groups in total. The van der Waals surface area contributed by atoms with E-state index in [1.807, 2.05) is 0 Å². The molecular weight excluding hydrogens is 239 g/mol. The minimum atomic E-state index is -1.45. The summed E-state index contributed by atoms with van der Waals surface area (Å²) in [7, 11) is 0. The number of nitrogen functional groups attached to an aromatic ring is 1. The standard InChI is InChI=1S/C11H8F3N.C3H8/c1-5-2-7(15)3-6-4-8(12)10(13)11(14)9(5)6;1-3-2/h2-4H,15H2,1H3;3H2,1-2H3. The predicted molar refractivity (Wildman–Crippen MR) is 68.9 cm³/mol. The van der Waals surface area contributed by atoms with Gasteiger partial charge in [-0.15, -0.1) is 0 Å². The van der Waals surface area contributed by atoms with Gasteiger partial charge in [-0.1, -0.05) is 20.3 Å². The van der Waals surface area contributed by atoms with Gasteiger partial charge in [0.1, 0.15) is 0 Å². The van der Waals surface area contributed by atoms with E-state index in [-0.39, 0.29) is 10.8 Å². The normalized spacial score (nSPS) is 10.1. The summed E-state index contributed by atoms with van der Waals surface area (Å²) < 4.78 is 39.3. The van der Waals surface area contributed by atoms with Crippen LogP contribution in [0.15, 0.2) is 18.2 Å². The molecule has 0 aliphatic carbocycles. The summed E-state index contributed by atoms with van der Waals surface area (Å²) in [5.74, 6) is -3.82. The first-order valence-electron chi connectivity index (χ1n) is 5.75. The molecule has 18 heavy (non-hydrogen) atoms. The second-order valence-electron chi connectivity index (χ2n) is 4.13. The van der Waals surface area contributed by atoms with Crippen molar-refractivity contribution in [3.8, 4) is 0 Å². The topological polar surface area (TPSA) is 26.0 Å². The van der Waals surface area contributed by atoms with Gasteiger partial charge in [-0.25, -0.2) is 13.2 Å². The van der Waals surface area contributed by atoms with Crippen LogP contribution in [-0.2, 0) is 0 Å². The highest BCUT2D eigenvalue weighted by atomic mass is 19.2. The lowest BCUT2D eigenvalue weighted by molar-refractivity contribution is 0.453. The summed E-state index contributed by atoms with van der Waals surface area (Å²) >= 11 is 0. The highest BCUT2D eigenvalue weighted by Crippen LogP contribution is 2.27. The van der Waals surface area contributed by atoms with Gasteiger partial charge < -0.3 is 5.73 Å². The maximum atomic E-state index is 13.4. The number of nitrogens with two attached hydrogens (primary N) is 1. The zero-order chi connectivity index (χ0) is 13.9. The summed E-state index contributed by atoms with van der Waals surface area (Å²) in [6, 6.07) is 3.87. The molecule has 1 nitrogen and oxygen atoms in total. The Bertz CT molecular complexity index is 565. The maximum Gasteiger partial charge on any atom is 0.195 e. The van der Waals surface area contributed by atoms with Crippen molar-refractivity contribution >= 4 is 16.5 Å². The quantitative estimate of drug-likeness (QED) is 0.542. The number of aryl methyl sites for hydroxylation is 1. The molecule has 0 radical (unpaired) electrons. The summed E-state index contributed by atoms with van der Waals surface area (Å²) in [4.78, 5) is 0. The van der Waals surface area contributed by atoms with E-state index in [9.17, 15) is 13.2 Å². The Balaban J connectivity index is 0.000000492. The fourth-order valence-corrected chi connectivity index (χ4v) is 1.67. The number of anilines is 1. The average Bonchev–Trinajstić information content (AvgIpc) is 2.26. The van der Waals surface area contributed by atoms with Crippen LogP contribution in [0.25, 0.3) is 10.8 Å². The number of hydrogen-bond donors (Lipinski definition) is 1. The van der Waals surface area contributed by atoms with Gasteiger partial charge in [0.05, 0.1) is 0 Å². The third-order valence-corrected chi connectivity index (χ3v) is 2.29. The largest absolute Gasteiger partial charge is 0.399 e. The number of benzene rings is 2. The van der Waals surface area contributed by atoms with E-state index >= 15 is 0 Å². The molecule has 0 fully saturated rings. The number of rotatable bonds is 0. The lowest BCUT2D eigenvalue weighted by atomic mass is 10.0. The van der Waals surface area contributed by atoms with Crippen LogP contribution in [0.5, 0.6) is 0 Å². The fraction of sp³-hybridized carbons (Fsp3) is 0.286. The first-order chi connectivity index (χ1) is 8.42. The van der Waals surface area contributed by atoms with Gasteiger partial charge in [0.25, 0.3) is 0 Å². The van der Waals surface area contributed by atoms with Crippen LogP contribution in [-0.4, -0.2) is 0 Å². The minimum absolute atomic E-state index is 0.0723. The summed E-state index contributed by atoms with van der Waals surface area (Å²) in [5.41, 5.74) is 6.41. The second-order valence-corrected chi connectivity index (χ2v) is 4.13. The molecule has 4 heteroatoms. The Morgan fingerprint density at radius 3 is 2.11 bits per heavy atom. The van der Waals surface area contributed by atoms with Gasteiger partial charge >= 0.3 is 0 Å². The molecule has 2 aromatic carbocycles. The highest BCUT2D eigenvalue weighted by Gasteiger charge is 2.15. The first kappa shape index (κ1) is 14.4. The smallest absolute Gasteiger partial charge is 0.195 e. The zero-order valence-corrected chi connectivity index (χ0v) is 10.7. The minimum Gasteiger partial charge on any atom is -0.399 e. The molecule has 0 saturated heterocycles. The van der Waals surface area contributed by atoms with Gasteiger partial charge in [-0.3, -0.25) is 0 Å². The average molecular weight is 255 g/mol. The molecule has 0 bridgehead atoms. The van der Waals surface area contributed by atoms with Crippen molar-refractivity contribution in [1.82, 2.24) is 0 Å². The van der Waals surface area contributed by atoms with Crippen LogP contribution in [0, 0.1) is 24.4 Å². The SMILES string of the molecule is CCC.Cc1cc(N)cc2cc(F)c(F)c(F)c12. The van der Waals surface area contributed by atoms with E-state index in [0.29, 0.717) is 11.3 Å². The van der Waals surface area contributed by atoms with Gasteiger partial charge in [-0.2, -0.15) is 0 Å². The van der Waals surface area contributed by atoms with Gasteiger partial charge in [-0.05, 0) is 36.1 Å². The van der Waals surface area contributed by atoms with Gasteiger partial charge in [0, 0.05) is 11.1 Å². The first-order valence-corrected chi connectivity index (χ1v) is 5.75. The summed E-state index contributed by atoms with van der Waals surface area (Å²) in [6.45, 7) is 5.85. The van der Waals surface area contributed by atoms with Crippen LogP contribution < -0.4 is 5.73 Å². The van der Waals surface area contributed by atoms with E-state index in [2.05, 4.69) is 13.8 Å². The molecule has 0 atom stereocenters. The molecule has 0 amide bonds. The van der Waals surface area contributed by atoms with Gasteiger partial charge in [0.2, 0.25) is 0 Å². The van der Waals surface area contributed by atoms with E-state index in [1.165, 1.54) is 18.6 Å². The Morgan fingerprint density at radius 2 is 1.56 bits per heavy atom. The third kappa shape index (κ3) is 2.75. The van der Waals surface area contributed by atoms with E-state index in [1.54, 1.807) is 6.92 Å². The molecule has 0 heterocycles. The molecule has 2 aromatic rings. The molecule has 0 spiro atoms. The van der Waals surface area contributed by atoms with Crippen molar-refractivity contribution in [1.29, 1.82) is 0 Å². The molecule has 0 aromatic heterocycles. The lowest BCUT2D eigenvalue weighted by Gasteiger charge is -2.06. The molecule has 2 rings (SSSR count). The van der Waals surface area contributed by atoms with Crippen LogP contribution >= 0.6 is 0 Å². The van der Waals surface area contributed by atoms with Crippen molar-refractivity contribution in [2.45, 2.75) is 27.2 Å². The molecule has 0 aliphatic heterocycles. The summed E-state index contributed by atoms with van der Waals surface area (Å²) in [5, 5.41) is 0.340. The number of hydrogen-bond acceptors (Lipinski definition) is 1. The van der Waals surface area contributed by atoms with Crippen LogP contribution in [0.2, 0.25) is 0 Å². The highest BCUT2D eigenvalue weighted by molar-refractivity contribution is 5.89. The number of fused-ring (bicyclic) bond motifs is 1. The zero-order valence-electron chi connectivity index (χ0n) is 10.7. The third-order valence-electron chi connectivity index (χ3n) is 2.29. The molecule has 0 aliphatic rings. The van der Waals surface area contributed by atoms with Gasteiger partial charge in [0.15, 0.2) is 17.5 Å². The molecule has 0 saturated carbocycles. The van der Waals surface area contributed by atoms with Crippen LogP contribution in [0.4, 0.5) is 18.9 Å². The number of halogens is 3. The predicted octanol–water partition coefficient (Wildman–Crippen LogP) is 4.56. The Kier molecular flexibility index (Phi) is 4.59. The molecule has 0 unspecified atom stereocenters. The lowest BCUT2D eigenvalue weighted by Crippen LogP contribution is -1.95. The molecular formula is C14H16F3N. The van der Waals surface area contributed by atoms with Crippen molar-refractivity contribution < 1.29 is 13.2 Å². The maximum absolute atomic E-state index is 13.4. The van der Waals surface area contributed by atoms with Crippen molar-refractivity contribution in [3.63, 3.8) is 0 Å². The van der Waals surface area contributed by atoms with Crippen LogP contribution in [0.3, 0.4) is 0 Å². The Hall–Kier alpha value is -1.71. The van der Waals surface area contributed by atoms with Crippen LogP contribution in [0.1, 0.15) is 25.8 Å². The Morgan fingerprint density at radius 1 is 1.00 bits per heavy atom. The van der Waals surface area contributed by atoms with Crippen molar-refractivity contribution in [2.75, 3.05) is 5.73 Å². The van der Waals surface area contributed by atoms with Crippen molar-refractivity contribution in [3.05, 3.63) is 41.2 Å². The van der Waals surface area contributed by atoms with E-state index in [0.717, 1.165) is 6.07 Å². The molecule has 98 valence electrons. The monoisotopic (exact) mass is 255 g/mol. The second kappa shape index (κ2) is 5.76. The van der Waals surface area contributed by atoms with E-state index in [4.69, 9.17) is 5.73 Å². The fourth-order valence-electron chi connectivity index (χ4n) is 1.67. The summed E-state index contributed by atoms with van der Waals surface area (Å²) in [6.07, 6.45) is 1.25. The van der Waals surface area contributed by atoms with Crippen molar-refractivity contribution in [2.24, 2.45) is 0 Å². The van der Waals surface area contributed by atoms with E-state index < -0.39 is 17.5 Å². The Labute approximate surface area is 104 Å².